The molecule has 0 amide bonds. The molecule has 1 saturated heterocycles. The third-order valence-corrected chi connectivity index (χ3v) is 3.24. The molecular formula is C11H17N7O. The fourth-order valence-electron chi connectivity index (χ4n) is 2.30. The van der Waals surface area contributed by atoms with E-state index in [2.05, 4.69) is 37.6 Å². The van der Waals surface area contributed by atoms with E-state index in [4.69, 9.17) is 4.74 Å². The minimum atomic E-state index is 0.269. The van der Waals surface area contributed by atoms with Crippen LogP contribution in [0.5, 0.6) is 0 Å². The average molecular weight is 263 g/mol. The summed E-state index contributed by atoms with van der Waals surface area (Å²) in [5.74, 6) is 0.911. The molecule has 0 radical (unpaired) electrons. The average Bonchev–Trinajstić information content (AvgIpc) is 2.94. The van der Waals surface area contributed by atoms with Crippen LogP contribution in [-0.4, -0.2) is 63.9 Å². The monoisotopic (exact) mass is 263 g/mol. The Labute approximate surface area is 110 Å². The van der Waals surface area contributed by atoms with E-state index in [1.807, 2.05) is 0 Å². The van der Waals surface area contributed by atoms with Crippen LogP contribution in [0.4, 0.5) is 5.82 Å². The standard InChI is InChI=1S/C11H17N7O/c1-2-12-5-9-8-19-4-3-17(9)11-7-13-6-10-14-15-16-18(10)11/h6-7,9,12H,2-5,8H2,1H3. The van der Waals surface area contributed by atoms with Crippen molar-refractivity contribution >= 4 is 11.5 Å². The van der Waals surface area contributed by atoms with Gasteiger partial charge in [-0.2, -0.15) is 4.52 Å². The first-order valence-corrected chi connectivity index (χ1v) is 6.47. The number of ether oxygens (including phenoxy) is 1. The predicted molar refractivity (Wildman–Crippen MR) is 69.1 cm³/mol. The van der Waals surface area contributed by atoms with Crippen molar-refractivity contribution in [2.24, 2.45) is 0 Å². The van der Waals surface area contributed by atoms with Crippen LogP contribution in [0.2, 0.25) is 0 Å². The van der Waals surface area contributed by atoms with Gasteiger partial charge in [0, 0.05) is 13.1 Å². The van der Waals surface area contributed by atoms with Crippen LogP contribution in [0.25, 0.3) is 5.65 Å². The molecule has 2 aromatic rings. The van der Waals surface area contributed by atoms with Gasteiger partial charge in [-0.25, -0.2) is 0 Å². The molecule has 2 aromatic heterocycles. The molecule has 102 valence electrons. The summed E-state index contributed by atoms with van der Waals surface area (Å²) < 4.78 is 7.28. The van der Waals surface area contributed by atoms with E-state index < -0.39 is 0 Å². The number of anilines is 1. The Kier molecular flexibility index (Phi) is 3.51. The molecule has 8 heteroatoms. The highest BCUT2D eigenvalue weighted by Crippen LogP contribution is 2.18. The first-order valence-electron chi connectivity index (χ1n) is 6.47. The van der Waals surface area contributed by atoms with Crippen LogP contribution in [0.3, 0.4) is 0 Å². The van der Waals surface area contributed by atoms with Gasteiger partial charge in [-0.15, -0.1) is 5.10 Å². The van der Waals surface area contributed by atoms with Crippen molar-refractivity contribution in [3.63, 3.8) is 0 Å². The van der Waals surface area contributed by atoms with Crippen LogP contribution < -0.4 is 10.2 Å². The zero-order valence-electron chi connectivity index (χ0n) is 10.9. The van der Waals surface area contributed by atoms with Gasteiger partial charge in [0.15, 0.2) is 11.5 Å². The minimum Gasteiger partial charge on any atom is -0.377 e. The third kappa shape index (κ3) is 2.36. The summed E-state index contributed by atoms with van der Waals surface area (Å²) in [4.78, 5) is 6.46. The number of aromatic nitrogens is 5. The van der Waals surface area contributed by atoms with Gasteiger partial charge in [0.25, 0.3) is 0 Å². The highest BCUT2D eigenvalue weighted by Gasteiger charge is 2.25. The van der Waals surface area contributed by atoms with E-state index >= 15 is 0 Å². The van der Waals surface area contributed by atoms with Crippen LogP contribution in [0.1, 0.15) is 6.92 Å². The normalized spacial score (nSPS) is 20.1. The number of tetrazole rings is 1. The molecule has 8 nitrogen and oxygen atoms in total. The van der Waals surface area contributed by atoms with Crippen molar-refractivity contribution in [2.45, 2.75) is 13.0 Å². The SMILES string of the molecule is CCNCC1COCCN1c1cncc2nnnn12. The molecule has 1 atom stereocenters. The van der Waals surface area contributed by atoms with Crippen molar-refractivity contribution in [1.82, 2.24) is 30.3 Å². The molecule has 1 fully saturated rings. The second kappa shape index (κ2) is 5.45. The molecule has 1 unspecified atom stereocenters. The lowest BCUT2D eigenvalue weighted by Gasteiger charge is -2.36. The van der Waals surface area contributed by atoms with Crippen LogP contribution >= 0.6 is 0 Å². The zero-order valence-corrected chi connectivity index (χ0v) is 10.9. The Morgan fingerprint density at radius 3 is 3.32 bits per heavy atom. The lowest BCUT2D eigenvalue weighted by molar-refractivity contribution is 0.0932. The van der Waals surface area contributed by atoms with Gasteiger partial charge in [-0.3, -0.25) is 4.98 Å². The largest absolute Gasteiger partial charge is 0.377 e. The highest BCUT2D eigenvalue weighted by molar-refractivity contribution is 5.47. The van der Waals surface area contributed by atoms with E-state index in [0.29, 0.717) is 18.9 Å². The molecule has 1 aliphatic rings. The Hall–Kier alpha value is -1.80. The maximum absolute atomic E-state index is 5.56. The van der Waals surface area contributed by atoms with Gasteiger partial charge in [-0.05, 0) is 17.0 Å². The fourth-order valence-corrected chi connectivity index (χ4v) is 2.30. The van der Waals surface area contributed by atoms with Gasteiger partial charge < -0.3 is 15.0 Å². The molecule has 0 spiro atoms. The van der Waals surface area contributed by atoms with Crippen LogP contribution in [-0.2, 0) is 4.74 Å². The minimum absolute atomic E-state index is 0.269. The summed E-state index contributed by atoms with van der Waals surface area (Å²) in [6, 6.07) is 0.269. The van der Waals surface area contributed by atoms with Crippen molar-refractivity contribution in [3.8, 4) is 0 Å². The zero-order chi connectivity index (χ0) is 13.1. The number of hydrogen-bond donors (Lipinski definition) is 1. The number of nitrogens with zero attached hydrogens (tertiary/aromatic N) is 6. The Morgan fingerprint density at radius 2 is 2.42 bits per heavy atom. The Morgan fingerprint density at radius 1 is 1.47 bits per heavy atom. The summed E-state index contributed by atoms with van der Waals surface area (Å²) in [6.07, 6.45) is 3.46. The van der Waals surface area contributed by atoms with E-state index in [1.165, 1.54) is 0 Å². The lowest BCUT2D eigenvalue weighted by Crippen LogP contribution is -2.51. The predicted octanol–water partition coefficient (Wildman–Crippen LogP) is -0.666. The smallest absolute Gasteiger partial charge is 0.199 e. The van der Waals surface area contributed by atoms with Crippen LogP contribution in [0, 0.1) is 0 Å². The van der Waals surface area contributed by atoms with Gasteiger partial charge in [0.1, 0.15) is 0 Å². The topological polar surface area (TPSA) is 80.5 Å². The van der Waals surface area contributed by atoms with Gasteiger partial charge in [0.05, 0.1) is 31.6 Å². The molecule has 1 aliphatic heterocycles. The fraction of sp³-hybridized carbons (Fsp3) is 0.636. The Bertz CT molecular complexity index is 543. The maximum Gasteiger partial charge on any atom is 0.199 e. The van der Waals surface area contributed by atoms with E-state index in [1.54, 1.807) is 16.9 Å². The van der Waals surface area contributed by atoms with Crippen molar-refractivity contribution in [3.05, 3.63) is 12.4 Å². The first-order chi connectivity index (χ1) is 9.40. The summed E-state index contributed by atoms with van der Waals surface area (Å²) in [5, 5.41) is 15.0. The third-order valence-electron chi connectivity index (χ3n) is 3.24. The number of morpholine rings is 1. The molecule has 0 bridgehead atoms. The second-order valence-electron chi connectivity index (χ2n) is 4.44. The molecule has 3 rings (SSSR count). The molecular weight excluding hydrogens is 246 g/mol. The van der Waals surface area contributed by atoms with Crippen molar-refractivity contribution in [2.75, 3.05) is 37.7 Å². The van der Waals surface area contributed by atoms with Crippen molar-refractivity contribution < 1.29 is 4.74 Å². The van der Waals surface area contributed by atoms with E-state index in [0.717, 1.165) is 25.5 Å². The number of hydrogen-bond acceptors (Lipinski definition) is 7. The van der Waals surface area contributed by atoms with Gasteiger partial charge in [0.2, 0.25) is 0 Å². The Balaban J connectivity index is 1.91. The summed E-state index contributed by atoms with van der Waals surface area (Å²) >= 11 is 0. The number of rotatable bonds is 4. The highest BCUT2D eigenvalue weighted by atomic mass is 16.5. The number of likely N-dealkylation sites (N-methyl/N-ethyl adjacent to an activating group) is 1. The maximum atomic E-state index is 5.56. The summed E-state index contributed by atoms with van der Waals surface area (Å²) in [5.41, 5.74) is 0.659. The summed E-state index contributed by atoms with van der Waals surface area (Å²) in [6.45, 7) is 6.13. The molecule has 1 N–H and O–H groups in total. The quantitative estimate of drug-likeness (QED) is 0.783. The lowest BCUT2D eigenvalue weighted by atomic mass is 10.2. The van der Waals surface area contributed by atoms with Gasteiger partial charge >= 0.3 is 0 Å². The number of nitrogens with one attached hydrogen (secondary N) is 1. The van der Waals surface area contributed by atoms with Crippen LogP contribution in [0.15, 0.2) is 12.4 Å². The molecule has 3 heterocycles. The molecule has 0 aromatic carbocycles. The summed E-state index contributed by atoms with van der Waals surface area (Å²) in [7, 11) is 0. The molecule has 19 heavy (non-hydrogen) atoms. The first kappa shape index (κ1) is 12.2. The second-order valence-corrected chi connectivity index (χ2v) is 4.44. The molecule has 0 saturated carbocycles. The van der Waals surface area contributed by atoms with Crippen molar-refractivity contribution in [1.29, 1.82) is 0 Å². The van der Waals surface area contributed by atoms with E-state index in [9.17, 15) is 0 Å². The molecule has 0 aliphatic carbocycles. The van der Waals surface area contributed by atoms with E-state index in [-0.39, 0.29) is 6.04 Å². The van der Waals surface area contributed by atoms with Gasteiger partial charge in [-0.1, -0.05) is 6.92 Å². The number of fused-ring (bicyclic) bond motifs is 1.